The Morgan fingerprint density at radius 2 is 1.79 bits per heavy atom. The Morgan fingerprint density at radius 1 is 1.00 bits per heavy atom. The molecular weight excluding hydrogens is 406 g/mol. The summed E-state index contributed by atoms with van der Waals surface area (Å²) in [5.74, 6) is 0.546. The van der Waals surface area contributed by atoms with Crippen molar-refractivity contribution in [3.63, 3.8) is 0 Å². The lowest BCUT2D eigenvalue weighted by Gasteiger charge is -2.12. The van der Waals surface area contributed by atoms with Crippen LogP contribution in [-0.4, -0.2) is 22.2 Å². The van der Waals surface area contributed by atoms with Gasteiger partial charge in [0.05, 0.1) is 23.9 Å². The van der Waals surface area contributed by atoms with Crippen molar-refractivity contribution >= 4 is 46.7 Å². The first-order chi connectivity index (χ1) is 14.2. The minimum absolute atomic E-state index is 0.129. The first-order valence-electron chi connectivity index (χ1n) is 8.84. The molecule has 0 saturated carbocycles. The summed E-state index contributed by atoms with van der Waals surface area (Å²) in [5.41, 5.74) is 1.82. The van der Waals surface area contributed by atoms with Crippen molar-refractivity contribution in [2.75, 3.05) is 0 Å². The lowest BCUT2D eigenvalue weighted by molar-refractivity contribution is -0.122. The molecule has 4 rings (SSSR count). The minimum atomic E-state index is -0.129. The van der Waals surface area contributed by atoms with Gasteiger partial charge in [-0.3, -0.25) is 9.69 Å². The predicted molar refractivity (Wildman–Crippen MR) is 118 cm³/mol. The van der Waals surface area contributed by atoms with E-state index in [0.717, 1.165) is 11.1 Å². The summed E-state index contributed by atoms with van der Waals surface area (Å²) in [7, 11) is 0. The topological polar surface area (TPSA) is 58.2 Å². The van der Waals surface area contributed by atoms with Gasteiger partial charge >= 0.3 is 0 Å². The second-order valence-electron chi connectivity index (χ2n) is 6.17. The molecule has 7 heteroatoms. The van der Waals surface area contributed by atoms with Crippen LogP contribution in [0.3, 0.4) is 0 Å². The fourth-order valence-electron chi connectivity index (χ4n) is 2.67. The summed E-state index contributed by atoms with van der Waals surface area (Å²) in [6.45, 7) is 0.292. The standard InChI is InChI=1S/C22H16ClN3O2S/c23-18-10-8-17(9-11-18)14-24-25-22-26(15-19-7-4-12-28-19)21(27)20(29-22)13-16-5-2-1-3-6-16/h1-14H,15H2/b20-13-,24-14-,25-22+. The lowest BCUT2D eigenvalue weighted by atomic mass is 10.2. The molecular formula is C22H16ClN3O2S. The molecule has 0 aliphatic carbocycles. The molecule has 1 fully saturated rings. The van der Waals surface area contributed by atoms with E-state index in [1.54, 1.807) is 35.6 Å². The Hall–Kier alpha value is -3.09. The number of carbonyl (C=O) groups is 1. The molecule has 0 bridgehead atoms. The predicted octanol–water partition coefficient (Wildman–Crippen LogP) is 5.44. The highest BCUT2D eigenvalue weighted by atomic mass is 35.5. The number of amides is 1. The van der Waals surface area contributed by atoms with Gasteiger partial charge < -0.3 is 4.42 Å². The third-order valence-electron chi connectivity index (χ3n) is 4.10. The van der Waals surface area contributed by atoms with Gasteiger partial charge in [-0.1, -0.05) is 54.1 Å². The van der Waals surface area contributed by atoms with E-state index in [1.165, 1.54) is 11.8 Å². The number of hydrogen-bond acceptors (Lipinski definition) is 5. The maximum Gasteiger partial charge on any atom is 0.267 e. The van der Waals surface area contributed by atoms with E-state index in [-0.39, 0.29) is 5.91 Å². The molecule has 0 spiro atoms. The molecule has 0 radical (unpaired) electrons. The van der Waals surface area contributed by atoms with Crippen LogP contribution < -0.4 is 0 Å². The van der Waals surface area contributed by atoms with Crippen molar-refractivity contribution in [3.05, 3.63) is 99.8 Å². The zero-order valence-electron chi connectivity index (χ0n) is 15.2. The number of hydrogen-bond donors (Lipinski definition) is 0. The molecule has 1 amide bonds. The normalized spacial score (nSPS) is 17.1. The lowest BCUT2D eigenvalue weighted by Crippen LogP contribution is -2.28. The van der Waals surface area contributed by atoms with Gasteiger partial charge in [-0.15, -0.1) is 5.10 Å². The van der Waals surface area contributed by atoms with Gasteiger partial charge in [0, 0.05) is 5.02 Å². The van der Waals surface area contributed by atoms with Gasteiger partial charge in [-0.25, -0.2) is 0 Å². The zero-order valence-corrected chi connectivity index (χ0v) is 16.8. The van der Waals surface area contributed by atoms with Gasteiger partial charge in [0.15, 0.2) is 5.17 Å². The SMILES string of the molecule is O=C1/C(=C/c2ccccc2)S/C(=N/N=C\c2ccc(Cl)cc2)N1Cc1ccco1. The molecule has 29 heavy (non-hydrogen) atoms. The first kappa shape index (κ1) is 19.2. The van der Waals surface area contributed by atoms with Crippen molar-refractivity contribution in [3.8, 4) is 0 Å². The number of benzene rings is 2. The van der Waals surface area contributed by atoms with Crippen LogP contribution in [0, 0.1) is 0 Å². The summed E-state index contributed by atoms with van der Waals surface area (Å²) in [6, 6.07) is 20.6. The van der Waals surface area contributed by atoms with Gasteiger partial charge in [0.1, 0.15) is 5.76 Å². The van der Waals surface area contributed by atoms with Crippen LogP contribution in [-0.2, 0) is 11.3 Å². The smallest absolute Gasteiger partial charge is 0.267 e. The van der Waals surface area contributed by atoms with Crippen molar-refractivity contribution in [2.24, 2.45) is 10.2 Å². The van der Waals surface area contributed by atoms with Crippen LogP contribution in [0.15, 0.2) is 92.5 Å². The second-order valence-corrected chi connectivity index (χ2v) is 7.62. The van der Waals surface area contributed by atoms with Crippen LogP contribution in [0.5, 0.6) is 0 Å². The minimum Gasteiger partial charge on any atom is -0.467 e. The van der Waals surface area contributed by atoms with Crippen LogP contribution in [0.4, 0.5) is 0 Å². The molecule has 0 N–H and O–H groups in total. The van der Waals surface area contributed by atoms with E-state index in [9.17, 15) is 4.79 Å². The van der Waals surface area contributed by atoms with E-state index >= 15 is 0 Å². The van der Waals surface area contributed by atoms with Crippen LogP contribution in [0.2, 0.25) is 5.02 Å². The number of furan rings is 1. The molecule has 0 unspecified atom stereocenters. The molecule has 5 nitrogen and oxygen atoms in total. The highest BCUT2D eigenvalue weighted by Crippen LogP contribution is 2.33. The van der Waals surface area contributed by atoms with E-state index in [1.807, 2.05) is 54.6 Å². The van der Waals surface area contributed by atoms with Gasteiger partial charge in [0.2, 0.25) is 0 Å². The molecule has 1 saturated heterocycles. The van der Waals surface area contributed by atoms with Crippen molar-refractivity contribution < 1.29 is 9.21 Å². The first-order valence-corrected chi connectivity index (χ1v) is 10.0. The zero-order chi connectivity index (χ0) is 20.1. The molecule has 1 aliphatic rings. The summed E-state index contributed by atoms with van der Waals surface area (Å²) >= 11 is 7.19. The van der Waals surface area contributed by atoms with Crippen molar-refractivity contribution in [1.29, 1.82) is 0 Å². The number of rotatable bonds is 5. The Balaban J connectivity index is 1.60. The van der Waals surface area contributed by atoms with Gasteiger partial charge in [-0.2, -0.15) is 5.10 Å². The van der Waals surface area contributed by atoms with Gasteiger partial charge in [-0.05, 0) is 53.2 Å². The van der Waals surface area contributed by atoms with Crippen molar-refractivity contribution in [2.45, 2.75) is 6.54 Å². The largest absolute Gasteiger partial charge is 0.467 e. The monoisotopic (exact) mass is 421 g/mol. The molecule has 1 aliphatic heterocycles. The summed E-state index contributed by atoms with van der Waals surface area (Å²) in [6.07, 6.45) is 5.06. The Bertz CT molecular complexity index is 1080. The highest BCUT2D eigenvalue weighted by Gasteiger charge is 2.34. The second kappa shape index (κ2) is 8.94. The number of amidine groups is 1. The summed E-state index contributed by atoms with van der Waals surface area (Å²) < 4.78 is 5.40. The van der Waals surface area contributed by atoms with Crippen LogP contribution >= 0.6 is 23.4 Å². The van der Waals surface area contributed by atoms with E-state index in [2.05, 4.69) is 10.2 Å². The Kier molecular flexibility index (Phi) is 5.93. The van der Waals surface area contributed by atoms with Crippen LogP contribution in [0.1, 0.15) is 16.9 Å². The van der Waals surface area contributed by atoms with Crippen molar-refractivity contribution in [1.82, 2.24) is 4.90 Å². The number of thioether (sulfide) groups is 1. The molecule has 2 heterocycles. The molecule has 1 aromatic heterocycles. The summed E-state index contributed by atoms with van der Waals surface area (Å²) in [4.78, 5) is 15.1. The van der Waals surface area contributed by atoms with E-state index in [4.69, 9.17) is 16.0 Å². The fourth-order valence-corrected chi connectivity index (χ4v) is 3.74. The maximum atomic E-state index is 13.0. The van der Waals surface area contributed by atoms with Gasteiger partial charge in [0.25, 0.3) is 5.91 Å². The Morgan fingerprint density at radius 3 is 2.52 bits per heavy atom. The van der Waals surface area contributed by atoms with E-state index < -0.39 is 0 Å². The summed E-state index contributed by atoms with van der Waals surface area (Å²) in [5, 5.41) is 9.60. The maximum absolute atomic E-state index is 13.0. The average molecular weight is 422 g/mol. The number of nitrogens with zero attached hydrogens (tertiary/aromatic N) is 3. The molecule has 3 aromatic rings. The van der Waals surface area contributed by atoms with Crippen LogP contribution in [0.25, 0.3) is 6.08 Å². The molecule has 2 aromatic carbocycles. The molecule has 0 atom stereocenters. The third-order valence-corrected chi connectivity index (χ3v) is 5.35. The molecule has 144 valence electrons. The van der Waals surface area contributed by atoms with E-state index in [0.29, 0.717) is 27.4 Å². The quantitative estimate of drug-likeness (QED) is 0.313. The number of halogens is 1. The highest BCUT2D eigenvalue weighted by molar-refractivity contribution is 8.18. The third kappa shape index (κ3) is 4.85. The number of carbonyl (C=O) groups excluding carboxylic acids is 1. The fraction of sp³-hybridized carbons (Fsp3) is 0.0455. The average Bonchev–Trinajstić information content (AvgIpc) is 3.35. The Labute approximate surface area is 177 Å².